The smallest absolute Gasteiger partial charge is 0 e. The molecule has 0 bridgehead atoms. The van der Waals surface area contributed by atoms with E-state index in [0.717, 1.165) is 28.9 Å². The van der Waals surface area contributed by atoms with Crippen LogP contribution in [0.3, 0.4) is 0 Å². The molecular formula is C43H42GeIrN2S-2. The van der Waals surface area contributed by atoms with Gasteiger partial charge in [0.2, 0.25) is 0 Å². The molecule has 0 unspecified atom stereocenters. The van der Waals surface area contributed by atoms with Gasteiger partial charge in [0.15, 0.2) is 0 Å². The molecule has 245 valence electrons. The van der Waals surface area contributed by atoms with Crippen molar-refractivity contribution >= 4 is 49.2 Å². The Morgan fingerprint density at radius 2 is 1.46 bits per heavy atom. The third kappa shape index (κ3) is 8.59. The summed E-state index contributed by atoms with van der Waals surface area (Å²) in [4.78, 5) is 9.26. The summed E-state index contributed by atoms with van der Waals surface area (Å²) in [5.41, 5.74) is 9.53. The Hall–Kier alpha value is -3.41. The van der Waals surface area contributed by atoms with E-state index in [1.54, 1.807) is 0 Å². The van der Waals surface area contributed by atoms with E-state index < -0.39 is 13.3 Å². The van der Waals surface area contributed by atoms with Gasteiger partial charge in [0.1, 0.15) is 0 Å². The molecule has 0 spiro atoms. The van der Waals surface area contributed by atoms with E-state index in [0.29, 0.717) is 0 Å². The summed E-state index contributed by atoms with van der Waals surface area (Å²) in [5.74, 6) is 7.14. The zero-order chi connectivity index (χ0) is 33.2. The fourth-order valence-electron chi connectivity index (χ4n) is 5.69. The number of hydrogen-bond acceptors (Lipinski definition) is 3. The number of nitrogens with zero attached hydrogens (tertiary/aromatic N) is 2. The van der Waals surface area contributed by atoms with Crippen molar-refractivity contribution in [3.63, 3.8) is 0 Å². The Morgan fingerprint density at radius 3 is 2.12 bits per heavy atom. The van der Waals surface area contributed by atoms with Crippen LogP contribution in [0.5, 0.6) is 0 Å². The predicted molar refractivity (Wildman–Crippen MR) is 206 cm³/mol. The number of rotatable bonds is 5. The molecule has 3 heterocycles. The fourth-order valence-corrected chi connectivity index (χ4v) is 8.94. The average Bonchev–Trinajstić information content (AvgIpc) is 3.43. The van der Waals surface area contributed by atoms with E-state index in [4.69, 9.17) is 4.98 Å². The van der Waals surface area contributed by atoms with Crippen molar-refractivity contribution in [3.05, 3.63) is 139 Å². The first-order chi connectivity index (χ1) is 22.4. The van der Waals surface area contributed by atoms with Gasteiger partial charge in [-0.1, -0.05) is 80.3 Å². The third-order valence-electron chi connectivity index (χ3n) is 8.32. The van der Waals surface area contributed by atoms with Gasteiger partial charge < -0.3 is 4.98 Å². The van der Waals surface area contributed by atoms with Crippen LogP contribution in [-0.2, 0) is 26.5 Å². The van der Waals surface area contributed by atoms with Gasteiger partial charge in [-0.2, -0.15) is 11.3 Å². The molecule has 0 aliphatic heterocycles. The van der Waals surface area contributed by atoms with Crippen molar-refractivity contribution in [2.45, 2.75) is 51.4 Å². The Balaban J connectivity index is 0.000000224. The van der Waals surface area contributed by atoms with Gasteiger partial charge in [-0.05, 0) is 57.3 Å². The number of pyridine rings is 2. The van der Waals surface area contributed by atoms with Crippen molar-refractivity contribution in [2.75, 3.05) is 0 Å². The van der Waals surface area contributed by atoms with Gasteiger partial charge in [0, 0.05) is 31.0 Å². The number of thiophene rings is 1. The minimum atomic E-state index is -1.72. The summed E-state index contributed by atoms with van der Waals surface area (Å²) >= 11 is 0.0925. The van der Waals surface area contributed by atoms with Crippen LogP contribution >= 0.6 is 11.3 Å². The predicted octanol–water partition coefficient (Wildman–Crippen LogP) is 11.6. The number of benzene rings is 4. The van der Waals surface area contributed by atoms with Crippen LogP contribution in [0.4, 0.5) is 0 Å². The van der Waals surface area contributed by atoms with Crippen LogP contribution in [0.15, 0.2) is 116 Å². The molecule has 0 amide bonds. The van der Waals surface area contributed by atoms with E-state index in [1.165, 1.54) is 46.8 Å². The summed E-state index contributed by atoms with van der Waals surface area (Å²) in [6.45, 7) is 9.00. The average molecular weight is 884 g/mol. The molecule has 48 heavy (non-hydrogen) atoms. The van der Waals surface area contributed by atoms with Gasteiger partial charge in [-0.25, -0.2) is 0 Å². The van der Waals surface area contributed by atoms with Crippen LogP contribution in [0.25, 0.3) is 53.8 Å². The van der Waals surface area contributed by atoms with Gasteiger partial charge >= 0.3 is 99.8 Å². The first-order valence-corrected chi connectivity index (χ1v) is 24.4. The Labute approximate surface area is 306 Å². The number of hydrogen-bond donors (Lipinski definition) is 0. The molecule has 7 rings (SSSR count). The molecular weight excluding hydrogens is 841 g/mol. The standard InChI is InChI=1S/C29H26NS.C14H16GeN.Ir/c1-19-18-30-26(15-23(19)17-29(2,3)4)22-10-12-24-25-14-21(20-8-6-5-7-9-20)11-13-27(25)31-28(24)16-22;1-15(2,3)13-9-10-14(16-11-13)12-7-5-4-6-8-12;/h5-15,18H,17H2,1-4H3;4-7,9-11H,1-3H3;/q2*-1;. The molecule has 5 heteroatoms. The van der Waals surface area contributed by atoms with Crippen molar-refractivity contribution in [1.82, 2.24) is 9.97 Å². The van der Waals surface area contributed by atoms with Gasteiger partial charge in [0.05, 0.1) is 0 Å². The zero-order valence-corrected chi connectivity index (χ0v) is 34.1. The molecule has 0 fully saturated rings. The van der Waals surface area contributed by atoms with E-state index >= 15 is 0 Å². The third-order valence-corrected chi connectivity index (χ3v) is 13.7. The first kappa shape index (κ1) is 35.9. The molecule has 1 radical (unpaired) electrons. The van der Waals surface area contributed by atoms with E-state index in [9.17, 15) is 0 Å². The van der Waals surface area contributed by atoms with Gasteiger partial charge in [-0.3, -0.25) is 0 Å². The molecule has 2 nitrogen and oxygen atoms in total. The summed E-state index contributed by atoms with van der Waals surface area (Å²) in [6, 6.07) is 43.1. The van der Waals surface area contributed by atoms with Crippen molar-refractivity contribution < 1.29 is 20.1 Å². The molecule has 0 saturated carbocycles. The van der Waals surface area contributed by atoms with Crippen LogP contribution in [0.2, 0.25) is 17.3 Å². The van der Waals surface area contributed by atoms with Gasteiger partial charge in [-0.15, -0.1) is 23.8 Å². The summed E-state index contributed by atoms with van der Waals surface area (Å²) in [7, 11) is 0. The molecule has 0 saturated heterocycles. The van der Waals surface area contributed by atoms with Crippen molar-refractivity contribution in [1.29, 1.82) is 0 Å². The summed E-state index contributed by atoms with van der Waals surface area (Å²) in [6.07, 6.45) is 5.09. The number of aromatic nitrogens is 2. The monoisotopic (exact) mass is 885 g/mol. The van der Waals surface area contributed by atoms with Crippen LogP contribution in [0, 0.1) is 24.5 Å². The second-order valence-corrected chi connectivity index (χ2v) is 26.2. The first-order valence-electron chi connectivity index (χ1n) is 16.3. The van der Waals surface area contributed by atoms with Crippen molar-refractivity contribution in [2.24, 2.45) is 5.41 Å². The topological polar surface area (TPSA) is 25.8 Å². The Kier molecular flexibility index (Phi) is 11.2. The molecule has 7 aromatic rings. The SMILES string of the molecule is Cc1cnc(-c2[c-]c3sc4ccc(-c5ccccc5)cc4c3cc2)cc1CC(C)(C)C.[CH3][Ge]([CH3])([CH3])[c]1ccc(-c2[c-]cccc2)nc1.[Ir]. The quantitative estimate of drug-likeness (QED) is 0.127. The zero-order valence-electron chi connectivity index (χ0n) is 28.8. The molecule has 3 aromatic heterocycles. The van der Waals surface area contributed by atoms with E-state index in [-0.39, 0.29) is 25.5 Å². The van der Waals surface area contributed by atoms with Crippen LogP contribution in [-0.4, -0.2) is 23.2 Å². The molecule has 0 aliphatic rings. The Bertz CT molecular complexity index is 2130. The molecule has 0 aliphatic carbocycles. The summed E-state index contributed by atoms with van der Waals surface area (Å²) < 4.78 is 3.94. The molecule has 0 atom stereocenters. The largest absolute Gasteiger partial charge is 0 e. The van der Waals surface area contributed by atoms with Gasteiger partial charge in [0.25, 0.3) is 0 Å². The minimum Gasteiger partial charge on any atom is 0 e. The minimum absolute atomic E-state index is 0. The maximum Gasteiger partial charge on any atom is 0 e. The maximum absolute atomic E-state index is 4.73. The van der Waals surface area contributed by atoms with Crippen LogP contribution < -0.4 is 4.40 Å². The number of fused-ring (bicyclic) bond motifs is 3. The summed E-state index contributed by atoms with van der Waals surface area (Å²) in [5, 5.41) is 2.57. The molecule has 4 aromatic carbocycles. The Morgan fingerprint density at radius 1 is 0.708 bits per heavy atom. The number of aryl methyl sites for hydroxylation is 1. The van der Waals surface area contributed by atoms with E-state index in [2.05, 4.69) is 141 Å². The fraction of sp³-hybridized carbons (Fsp3) is 0.209. The maximum atomic E-state index is 4.73. The van der Waals surface area contributed by atoms with Crippen molar-refractivity contribution in [3.8, 4) is 33.6 Å². The van der Waals surface area contributed by atoms with Crippen LogP contribution in [0.1, 0.15) is 31.9 Å². The van der Waals surface area contributed by atoms with E-state index in [1.807, 2.05) is 48.0 Å². The second kappa shape index (κ2) is 15.0. The second-order valence-electron chi connectivity index (χ2n) is 14.5. The molecule has 0 N–H and O–H groups in total. The normalized spacial score (nSPS) is 11.6.